The van der Waals surface area contributed by atoms with Gasteiger partial charge in [-0.15, -0.1) is 0 Å². The molecule has 0 amide bonds. The molecule has 2 aliphatic rings. The maximum atomic E-state index is 13.0. The number of aromatic hydroxyl groups is 2. The van der Waals surface area contributed by atoms with Gasteiger partial charge in [-0.05, 0) is 55.8 Å². The minimum Gasteiger partial charge on any atom is -0.507 e. The van der Waals surface area contributed by atoms with Gasteiger partial charge in [0.05, 0.1) is 11.1 Å². The van der Waals surface area contributed by atoms with Crippen LogP contribution in [0.3, 0.4) is 0 Å². The van der Waals surface area contributed by atoms with Crippen LogP contribution in [0.25, 0.3) is 5.57 Å². The first-order valence-corrected chi connectivity index (χ1v) is 8.48. The average molecular weight is 374 g/mol. The minimum absolute atomic E-state index is 0.0159. The van der Waals surface area contributed by atoms with Crippen molar-refractivity contribution in [2.24, 2.45) is 0 Å². The number of rotatable bonds is 1. The quantitative estimate of drug-likeness (QED) is 0.793. The Labute approximate surface area is 159 Å². The maximum Gasteiger partial charge on any atom is 0.194 e. The van der Waals surface area contributed by atoms with Crippen LogP contribution in [0.2, 0.25) is 0 Å². The van der Waals surface area contributed by atoms with Crippen molar-refractivity contribution in [2.45, 2.75) is 13.8 Å². The monoisotopic (exact) mass is 374 g/mol. The molecule has 28 heavy (non-hydrogen) atoms. The molecule has 0 spiro atoms. The number of phenols is 2. The van der Waals surface area contributed by atoms with E-state index in [1.54, 1.807) is 6.92 Å². The Kier molecular flexibility index (Phi) is 3.68. The zero-order valence-electron chi connectivity index (χ0n) is 15.0. The Bertz CT molecular complexity index is 1210. The molecule has 2 aromatic carbocycles. The standard InChI is InChI=1S/C22H14O6/c1-9-5-14-18(15(23)6-9)17(25)8-13(21(14)27)11-3-4-12-19(22(11)28)16(24)7-10(2)20(12)26/h3-8,23,28H,1-2H3. The van der Waals surface area contributed by atoms with E-state index in [2.05, 4.69) is 0 Å². The third kappa shape index (κ3) is 2.35. The fourth-order valence-electron chi connectivity index (χ4n) is 3.61. The molecule has 138 valence electrons. The number of ketones is 4. The van der Waals surface area contributed by atoms with Crippen LogP contribution in [0.5, 0.6) is 11.5 Å². The largest absolute Gasteiger partial charge is 0.507 e. The lowest BCUT2D eigenvalue weighted by Crippen LogP contribution is -2.19. The van der Waals surface area contributed by atoms with Crippen LogP contribution < -0.4 is 0 Å². The van der Waals surface area contributed by atoms with E-state index in [0.717, 1.165) is 12.2 Å². The van der Waals surface area contributed by atoms with Gasteiger partial charge < -0.3 is 10.2 Å². The molecule has 0 radical (unpaired) electrons. The smallest absolute Gasteiger partial charge is 0.194 e. The van der Waals surface area contributed by atoms with Gasteiger partial charge in [0.25, 0.3) is 0 Å². The third-order valence-corrected chi connectivity index (χ3v) is 4.94. The summed E-state index contributed by atoms with van der Waals surface area (Å²) in [5.41, 5.74) is 0.522. The summed E-state index contributed by atoms with van der Waals surface area (Å²) in [6.07, 6.45) is 2.16. The number of carbonyl (C=O) groups is 4. The first kappa shape index (κ1) is 17.6. The Morgan fingerprint density at radius 3 is 2.07 bits per heavy atom. The second-order valence-corrected chi connectivity index (χ2v) is 6.86. The predicted molar refractivity (Wildman–Crippen MR) is 100 cm³/mol. The van der Waals surface area contributed by atoms with Crippen molar-refractivity contribution in [1.82, 2.24) is 0 Å². The van der Waals surface area contributed by atoms with E-state index in [1.165, 1.54) is 31.2 Å². The normalized spacial score (nSPS) is 15.8. The summed E-state index contributed by atoms with van der Waals surface area (Å²) in [6, 6.07) is 5.58. The summed E-state index contributed by atoms with van der Waals surface area (Å²) in [6.45, 7) is 3.18. The summed E-state index contributed by atoms with van der Waals surface area (Å²) >= 11 is 0. The number of hydrogen-bond donors (Lipinski definition) is 2. The number of phenolic OH excluding ortho intramolecular Hbond substituents is 2. The molecule has 2 N–H and O–H groups in total. The van der Waals surface area contributed by atoms with Crippen molar-refractivity contribution in [3.05, 3.63) is 75.4 Å². The van der Waals surface area contributed by atoms with E-state index < -0.39 is 23.1 Å². The summed E-state index contributed by atoms with van der Waals surface area (Å²) < 4.78 is 0. The highest BCUT2D eigenvalue weighted by Crippen LogP contribution is 2.39. The number of Topliss-reactive ketones (excluding diaryl/α,β-unsaturated/α-hetero) is 2. The van der Waals surface area contributed by atoms with Crippen molar-refractivity contribution in [1.29, 1.82) is 0 Å². The lowest BCUT2D eigenvalue weighted by atomic mass is 9.82. The first-order valence-electron chi connectivity index (χ1n) is 8.48. The van der Waals surface area contributed by atoms with Gasteiger partial charge in [-0.1, -0.05) is 0 Å². The van der Waals surface area contributed by atoms with E-state index in [-0.39, 0.29) is 50.5 Å². The second kappa shape index (κ2) is 5.85. The van der Waals surface area contributed by atoms with Gasteiger partial charge in [0.1, 0.15) is 11.5 Å². The average Bonchev–Trinajstić information content (AvgIpc) is 2.62. The zero-order valence-corrected chi connectivity index (χ0v) is 15.0. The van der Waals surface area contributed by atoms with Crippen molar-refractivity contribution >= 4 is 28.7 Å². The highest BCUT2D eigenvalue weighted by atomic mass is 16.3. The van der Waals surface area contributed by atoms with E-state index >= 15 is 0 Å². The van der Waals surface area contributed by atoms with Crippen molar-refractivity contribution in [3.8, 4) is 11.5 Å². The molecule has 6 nitrogen and oxygen atoms in total. The molecule has 0 heterocycles. The lowest BCUT2D eigenvalue weighted by molar-refractivity contribution is 0.0982. The Morgan fingerprint density at radius 1 is 0.714 bits per heavy atom. The number of aryl methyl sites for hydroxylation is 1. The number of hydrogen-bond acceptors (Lipinski definition) is 6. The molecule has 2 aliphatic carbocycles. The molecular weight excluding hydrogens is 360 g/mol. The molecule has 4 rings (SSSR count). The highest BCUT2D eigenvalue weighted by Gasteiger charge is 2.33. The number of carbonyl (C=O) groups excluding carboxylic acids is 4. The number of fused-ring (bicyclic) bond motifs is 2. The van der Waals surface area contributed by atoms with Crippen LogP contribution in [0, 0.1) is 6.92 Å². The molecule has 6 heteroatoms. The maximum absolute atomic E-state index is 13.0. The van der Waals surface area contributed by atoms with Crippen LogP contribution in [-0.4, -0.2) is 33.3 Å². The summed E-state index contributed by atoms with van der Waals surface area (Å²) in [5, 5.41) is 20.7. The summed E-state index contributed by atoms with van der Waals surface area (Å²) in [4.78, 5) is 50.1. The summed E-state index contributed by atoms with van der Waals surface area (Å²) in [5.74, 6) is -2.90. The van der Waals surface area contributed by atoms with E-state index in [0.29, 0.717) is 5.56 Å². The number of allylic oxidation sites excluding steroid dienone is 4. The molecule has 0 bridgehead atoms. The van der Waals surface area contributed by atoms with Gasteiger partial charge in [-0.3, -0.25) is 19.2 Å². The highest BCUT2D eigenvalue weighted by molar-refractivity contribution is 6.40. The predicted octanol–water partition coefficient (Wildman–Crippen LogP) is 3.19. The molecular formula is C22H14O6. The van der Waals surface area contributed by atoms with Gasteiger partial charge in [-0.25, -0.2) is 0 Å². The van der Waals surface area contributed by atoms with Gasteiger partial charge >= 0.3 is 0 Å². The Hall–Kier alpha value is -3.80. The zero-order chi connectivity index (χ0) is 20.3. The molecule has 0 unspecified atom stereocenters. The topological polar surface area (TPSA) is 109 Å². The molecule has 0 saturated carbocycles. The molecule has 0 saturated heterocycles. The van der Waals surface area contributed by atoms with Crippen LogP contribution in [-0.2, 0) is 0 Å². The third-order valence-electron chi connectivity index (χ3n) is 4.94. The minimum atomic E-state index is -0.586. The first-order chi connectivity index (χ1) is 13.2. The second-order valence-electron chi connectivity index (χ2n) is 6.86. The van der Waals surface area contributed by atoms with Gasteiger partial charge in [0, 0.05) is 27.8 Å². The van der Waals surface area contributed by atoms with Crippen LogP contribution in [0.4, 0.5) is 0 Å². The lowest BCUT2D eigenvalue weighted by Gasteiger charge is -2.20. The Morgan fingerprint density at radius 2 is 1.36 bits per heavy atom. The molecule has 0 fully saturated rings. The molecule has 0 aromatic heterocycles. The van der Waals surface area contributed by atoms with Crippen molar-refractivity contribution in [3.63, 3.8) is 0 Å². The number of benzene rings is 2. The van der Waals surface area contributed by atoms with Crippen LogP contribution in [0.1, 0.15) is 59.5 Å². The fraction of sp³-hybridized carbons (Fsp3) is 0.0909. The fourth-order valence-corrected chi connectivity index (χ4v) is 3.61. The van der Waals surface area contributed by atoms with Gasteiger partial charge in [-0.2, -0.15) is 0 Å². The SMILES string of the molecule is CC1=CC(=O)c2c(ccc(C3=CC(=O)c4c(O)cc(C)cc4C3=O)c2O)C1=O. The van der Waals surface area contributed by atoms with Crippen molar-refractivity contribution in [2.75, 3.05) is 0 Å². The molecule has 0 atom stereocenters. The van der Waals surface area contributed by atoms with Crippen LogP contribution >= 0.6 is 0 Å². The van der Waals surface area contributed by atoms with Crippen LogP contribution in [0.15, 0.2) is 42.0 Å². The van der Waals surface area contributed by atoms with Crippen molar-refractivity contribution < 1.29 is 29.4 Å². The van der Waals surface area contributed by atoms with E-state index in [9.17, 15) is 29.4 Å². The summed E-state index contributed by atoms with van der Waals surface area (Å²) in [7, 11) is 0. The van der Waals surface area contributed by atoms with E-state index in [4.69, 9.17) is 0 Å². The van der Waals surface area contributed by atoms with E-state index in [1.807, 2.05) is 0 Å². The molecule has 0 aliphatic heterocycles. The Balaban J connectivity index is 1.92. The van der Waals surface area contributed by atoms with Gasteiger partial charge in [0.15, 0.2) is 23.1 Å². The molecule has 2 aromatic rings. The van der Waals surface area contributed by atoms with Gasteiger partial charge in [0.2, 0.25) is 0 Å².